The Balaban J connectivity index is 1.79. The van der Waals surface area contributed by atoms with Crippen molar-refractivity contribution in [1.82, 2.24) is 10.2 Å². The van der Waals surface area contributed by atoms with Crippen molar-refractivity contribution < 1.29 is 36.8 Å². The van der Waals surface area contributed by atoms with Gasteiger partial charge in [-0.3, -0.25) is 19.2 Å². The van der Waals surface area contributed by atoms with E-state index < -0.39 is 48.5 Å². The second-order valence-corrected chi connectivity index (χ2v) is 21.5. The van der Waals surface area contributed by atoms with Crippen molar-refractivity contribution in [2.45, 2.75) is 127 Å². The van der Waals surface area contributed by atoms with Crippen molar-refractivity contribution in [1.29, 1.82) is 0 Å². The molecule has 2 amide bonds. The van der Waals surface area contributed by atoms with Crippen LogP contribution >= 0.6 is 0 Å². The standard InChI is InChI=1S/C46H64N2O8SSi/c1-9-10-17-35(40(45(52)55-46(4,5)6)42(56-58(7)8)34-18-13-11-14-19-34)31-36(43(50)47-41(32(2)3)44(51)48-28-26-37(49)27-29-48)30-33-22-24-39(25-23-33)57(53,54)38-20-15-12-16-21-38/h11-16,18-25,32,35-36,40-42,58H,9-10,17,26-31H2,1-8H3,(H,47,50)/t35-,36+,40+,41-,42?/m0/s1. The number of unbranched alkanes of at least 4 members (excludes halogenated alkanes) is 1. The summed E-state index contributed by atoms with van der Waals surface area (Å²) in [4.78, 5) is 57.3. The topological polar surface area (TPSA) is 136 Å². The molecular weight excluding hydrogens is 769 g/mol. The summed E-state index contributed by atoms with van der Waals surface area (Å²) in [6, 6.07) is 23.7. The van der Waals surface area contributed by atoms with Crippen LogP contribution in [0.1, 0.15) is 97.3 Å². The van der Waals surface area contributed by atoms with Gasteiger partial charge in [-0.2, -0.15) is 0 Å². The minimum absolute atomic E-state index is 0.118. The summed E-state index contributed by atoms with van der Waals surface area (Å²) in [6.07, 6.45) is 2.77. The zero-order chi connectivity index (χ0) is 42.6. The molecule has 3 aromatic carbocycles. The Labute approximate surface area is 348 Å². The lowest BCUT2D eigenvalue weighted by Gasteiger charge is -2.37. The molecule has 0 spiro atoms. The van der Waals surface area contributed by atoms with Gasteiger partial charge in [0.05, 0.1) is 21.8 Å². The van der Waals surface area contributed by atoms with E-state index in [0.717, 1.165) is 24.0 Å². The lowest BCUT2D eigenvalue weighted by atomic mass is 9.75. The van der Waals surface area contributed by atoms with E-state index in [-0.39, 0.29) is 70.9 Å². The molecule has 316 valence electrons. The van der Waals surface area contributed by atoms with Gasteiger partial charge in [0.25, 0.3) is 0 Å². The minimum atomic E-state index is -3.77. The number of rotatable bonds is 19. The van der Waals surface area contributed by atoms with Gasteiger partial charge < -0.3 is 19.4 Å². The zero-order valence-corrected chi connectivity index (χ0v) is 37.6. The highest BCUT2D eigenvalue weighted by atomic mass is 32.2. The minimum Gasteiger partial charge on any atom is -0.460 e. The molecule has 58 heavy (non-hydrogen) atoms. The van der Waals surface area contributed by atoms with Crippen molar-refractivity contribution in [2.24, 2.45) is 23.7 Å². The molecule has 1 heterocycles. The molecule has 3 aromatic rings. The maximum absolute atomic E-state index is 14.8. The van der Waals surface area contributed by atoms with Gasteiger partial charge in [-0.15, -0.1) is 0 Å². The average molecular weight is 833 g/mol. The molecule has 12 heteroatoms. The molecule has 0 saturated carbocycles. The van der Waals surface area contributed by atoms with E-state index in [2.05, 4.69) is 25.3 Å². The Kier molecular flexibility index (Phi) is 17.0. The first kappa shape index (κ1) is 46.6. The largest absolute Gasteiger partial charge is 0.460 e. The van der Waals surface area contributed by atoms with Gasteiger partial charge in [0.15, 0.2) is 9.04 Å². The highest BCUT2D eigenvalue weighted by Crippen LogP contribution is 2.40. The number of esters is 1. The number of benzene rings is 3. The molecule has 10 nitrogen and oxygen atoms in total. The van der Waals surface area contributed by atoms with Gasteiger partial charge in [-0.1, -0.05) is 94.3 Å². The fourth-order valence-corrected chi connectivity index (χ4v) is 9.78. The molecule has 5 atom stereocenters. The molecule has 1 fully saturated rings. The van der Waals surface area contributed by atoms with Crippen molar-refractivity contribution in [3.63, 3.8) is 0 Å². The third kappa shape index (κ3) is 13.2. The molecule has 1 N–H and O–H groups in total. The summed E-state index contributed by atoms with van der Waals surface area (Å²) in [7, 11) is -5.50. The maximum Gasteiger partial charge on any atom is 0.312 e. The highest BCUT2D eigenvalue weighted by Gasteiger charge is 2.42. The summed E-state index contributed by atoms with van der Waals surface area (Å²) < 4.78 is 39.8. The van der Waals surface area contributed by atoms with Crippen LogP contribution in [0.2, 0.25) is 13.1 Å². The second kappa shape index (κ2) is 21.2. The number of Topliss-reactive ketones (excluding diaryl/α,β-unsaturated/α-hetero) is 1. The molecule has 0 aliphatic carbocycles. The van der Waals surface area contributed by atoms with E-state index in [1.807, 2.05) is 65.0 Å². The molecule has 1 aliphatic heterocycles. The third-order valence-electron chi connectivity index (χ3n) is 10.6. The Bertz CT molecular complexity index is 1900. The monoisotopic (exact) mass is 832 g/mol. The SMILES string of the molecule is CCCC[C@@H](C[C@@H](Cc1ccc(S(=O)(=O)c2ccccc2)cc1)C(=O)N[C@H](C(=O)N1CCC(=O)CC1)C(C)C)[C@@H](C(=O)OC(C)(C)C)C(O[SiH](C)C)c1ccccc1. The number of amides is 2. The van der Waals surface area contributed by atoms with Gasteiger partial charge >= 0.3 is 5.97 Å². The smallest absolute Gasteiger partial charge is 0.312 e. The number of hydrogen-bond acceptors (Lipinski definition) is 8. The number of nitrogens with zero attached hydrogens (tertiary/aromatic N) is 1. The quantitative estimate of drug-likeness (QED) is 0.0952. The normalized spacial score (nSPS) is 16.4. The number of carbonyl (C=O) groups excluding carboxylic acids is 4. The summed E-state index contributed by atoms with van der Waals surface area (Å²) >= 11 is 0. The molecule has 1 aliphatic rings. The van der Waals surface area contributed by atoms with E-state index in [1.54, 1.807) is 59.5 Å². The summed E-state index contributed by atoms with van der Waals surface area (Å²) in [5.41, 5.74) is 0.828. The van der Waals surface area contributed by atoms with Crippen molar-refractivity contribution in [2.75, 3.05) is 13.1 Å². The molecule has 0 bridgehead atoms. The Hall–Kier alpha value is -4.13. The van der Waals surface area contributed by atoms with Gasteiger partial charge in [0.2, 0.25) is 21.7 Å². The lowest BCUT2D eigenvalue weighted by Crippen LogP contribution is -2.54. The van der Waals surface area contributed by atoms with Gasteiger partial charge in [0.1, 0.15) is 17.4 Å². The van der Waals surface area contributed by atoms with E-state index in [9.17, 15) is 27.6 Å². The Morgan fingerprint density at radius 1 is 0.862 bits per heavy atom. The number of ether oxygens (including phenoxy) is 1. The first-order chi connectivity index (χ1) is 27.4. The number of nitrogens with one attached hydrogen (secondary N) is 1. The van der Waals surface area contributed by atoms with E-state index >= 15 is 0 Å². The lowest BCUT2D eigenvalue weighted by molar-refractivity contribution is -0.167. The number of hydrogen-bond donors (Lipinski definition) is 1. The zero-order valence-electron chi connectivity index (χ0n) is 35.6. The van der Waals surface area contributed by atoms with Crippen molar-refractivity contribution in [3.05, 3.63) is 96.1 Å². The number of carbonyl (C=O) groups is 4. The van der Waals surface area contributed by atoms with Gasteiger partial charge in [-0.25, -0.2) is 8.42 Å². The van der Waals surface area contributed by atoms with Crippen LogP contribution in [-0.4, -0.2) is 70.7 Å². The summed E-state index contributed by atoms with van der Waals surface area (Å²) in [5, 5.41) is 3.11. The molecule has 0 aromatic heterocycles. The number of sulfone groups is 1. The first-order valence-corrected chi connectivity index (χ1v) is 25.1. The molecular formula is C46H64N2O8SSi. The number of piperidine rings is 1. The van der Waals surface area contributed by atoms with Crippen LogP contribution in [-0.2, 0) is 44.6 Å². The van der Waals surface area contributed by atoms with Gasteiger partial charge in [0, 0.05) is 31.8 Å². The van der Waals surface area contributed by atoms with Crippen molar-refractivity contribution >= 4 is 42.4 Å². The average Bonchev–Trinajstić information content (AvgIpc) is 3.18. The summed E-state index contributed by atoms with van der Waals surface area (Å²) in [5.74, 6) is -2.89. The maximum atomic E-state index is 14.8. The van der Waals surface area contributed by atoms with Crippen molar-refractivity contribution in [3.8, 4) is 0 Å². The molecule has 1 saturated heterocycles. The van der Waals surface area contributed by atoms with Crippen LogP contribution in [0.4, 0.5) is 0 Å². The Morgan fingerprint density at radius 2 is 1.43 bits per heavy atom. The molecule has 4 rings (SSSR count). The van der Waals surface area contributed by atoms with Crippen LogP contribution in [0, 0.1) is 23.7 Å². The highest BCUT2D eigenvalue weighted by molar-refractivity contribution is 7.91. The van der Waals surface area contributed by atoms with Crippen LogP contribution in [0.5, 0.6) is 0 Å². The third-order valence-corrected chi connectivity index (χ3v) is 13.2. The molecule has 0 radical (unpaired) electrons. The number of ketones is 1. The van der Waals surface area contributed by atoms with E-state index in [1.165, 1.54) is 0 Å². The fourth-order valence-electron chi connectivity index (χ4n) is 7.58. The van der Waals surface area contributed by atoms with Crippen LogP contribution in [0.3, 0.4) is 0 Å². The first-order valence-electron chi connectivity index (χ1n) is 20.8. The predicted octanol–water partition coefficient (Wildman–Crippen LogP) is 7.91. The fraction of sp³-hybridized carbons (Fsp3) is 0.522. The second-order valence-electron chi connectivity index (χ2n) is 17.2. The predicted molar refractivity (Wildman–Crippen MR) is 229 cm³/mol. The van der Waals surface area contributed by atoms with Crippen LogP contribution in [0.25, 0.3) is 0 Å². The van der Waals surface area contributed by atoms with Crippen LogP contribution in [0.15, 0.2) is 94.7 Å². The van der Waals surface area contributed by atoms with Gasteiger partial charge in [-0.05, 0) is 100 Å². The van der Waals surface area contributed by atoms with Crippen LogP contribution < -0.4 is 5.32 Å². The summed E-state index contributed by atoms with van der Waals surface area (Å²) in [6.45, 7) is 16.2. The Morgan fingerprint density at radius 3 is 1.97 bits per heavy atom. The molecule has 1 unspecified atom stereocenters. The van der Waals surface area contributed by atoms with E-state index in [0.29, 0.717) is 19.5 Å². The number of likely N-dealkylation sites (tertiary alicyclic amines) is 1. The van der Waals surface area contributed by atoms with E-state index in [4.69, 9.17) is 9.16 Å².